The van der Waals surface area contributed by atoms with E-state index in [9.17, 15) is 0 Å². The van der Waals surface area contributed by atoms with Gasteiger partial charge in [0.15, 0.2) is 0 Å². The first-order valence-electron chi connectivity index (χ1n) is 4.71. The maximum Gasteiger partial charge on any atom is 0.0506 e. The van der Waals surface area contributed by atoms with Crippen molar-refractivity contribution >= 4 is 22.6 Å². The van der Waals surface area contributed by atoms with E-state index in [0.29, 0.717) is 6.04 Å². The van der Waals surface area contributed by atoms with Crippen LogP contribution in [-0.2, 0) is 0 Å². The summed E-state index contributed by atoms with van der Waals surface area (Å²) in [5.41, 5.74) is 2.65. The lowest BCUT2D eigenvalue weighted by atomic mass is 10.1. The van der Waals surface area contributed by atoms with E-state index in [1.54, 1.807) is 0 Å². The number of benzene rings is 1. The topological polar surface area (TPSA) is 12.0 Å². The summed E-state index contributed by atoms with van der Waals surface area (Å²) in [6.07, 6.45) is 2.24. The minimum atomic E-state index is 0.331. The molecule has 1 aromatic carbocycles. The molecular formula is C12H16IN. The summed E-state index contributed by atoms with van der Waals surface area (Å²) in [5.74, 6) is 0. The number of rotatable bonds is 3. The van der Waals surface area contributed by atoms with Gasteiger partial charge in [0.1, 0.15) is 0 Å². The fourth-order valence-corrected chi connectivity index (χ4v) is 1.71. The molecule has 0 amide bonds. The van der Waals surface area contributed by atoms with E-state index in [1.165, 1.54) is 14.7 Å². The van der Waals surface area contributed by atoms with Crippen LogP contribution in [0.15, 0.2) is 35.9 Å². The van der Waals surface area contributed by atoms with E-state index in [2.05, 4.69) is 72.1 Å². The van der Waals surface area contributed by atoms with Crippen molar-refractivity contribution in [2.24, 2.45) is 0 Å². The summed E-state index contributed by atoms with van der Waals surface area (Å²) in [4.78, 5) is 0. The highest BCUT2D eigenvalue weighted by Gasteiger charge is 2.04. The van der Waals surface area contributed by atoms with E-state index >= 15 is 0 Å². The molecule has 0 heterocycles. The second-order valence-corrected chi connectivity index (χ2v) is 4.81. The van der Waals surface area contributed by atoms with Gasteiger partial charge in [-0.1, -0.05) is 23.8 Å². The van der Waals surface area contributed by atoms with Crippen molar-refractivity contribution in [3.8, 4) is 0 Å². The Bertz CT molecular complexity index is 310. The highest BCUT2D eigenvalue weighted by molar-refractivity contribution is 14.1. The van der Waals surface area contributed by atoms with Gasteiger partial charge in [0.25, 0.3) is 0 Å². The second kappa shape index (κ2) is 5.51. The summed E-state index contributed by atoms with van der Waals surface area (Å²) in [7, 11) is 1.99. The molecule has 0 spiro atoms. The lowest BCUT2D eigenvalue weighted by Gasteiger charge is -2.13. The molecule has 0 aromatic heterocycles. The van der Waals surface area contributed by atoms with Gasteiger partial charge in [-0.25, -0.2) is 0 Å². The van der Waals surface area contributed by atoms with Gasteiger partial charge in [-0.2, -0.15) is 0 Å². The van der Waals surface area contributed by atoms with Crippen molar-refractivity contribution in [2.75, 3.05) is 7.05 Å². The Kier molecular flexibility index (Phi) is 4.62. The largest absolute Gasteiger partial charge is 0.310 e. The van der Waals surface area contributed by atoms with Crippen LogP contribution in [0.3, 0.4) is 0 Å². The predicted molar refractivity (Wildman–Crippen MR) is 70.4 cm³/mol. The lowest BCUT2D eigenvalue weighted by molar-refractivity contribution is 0.710. The van der Waals surface area contributed by atoms with Gasteiger partial charge < -0.3 is 5.32 Å². The number of nitrogens with one attached hydrogen (secondary N) is 1. The molecule has 76 valence electrons. The van der Waals surface area contributed by atoms with Crippen LogP contribution in [0.5, 0.6) is 0 Å². The van der Waals surface area contributed by atoms with Crippen LogP contribution >= 0.6 is 22.6 Å². The van der Waals surface area contributed by atoms with Crippen molar-refractivity contribution in [3.05, 3.63) is 45.0 Å². The van der Waals surface area contributed by atoms with Gasteiger partial charge in [0.05, 0.1) is 6.04 Å². The van der Waals surface area contributed by atoms with Gasteiger partial charge >= 0.3 is 0 Å². The van der Waals surface area contributed by atoms with Crippen LogP contribution in [0.4, 0.5) is 0 Å². The Hall–Kier alpha value is -0.350. The Balaban J connectivity index is 2.90. The quantitative estimate of drug-likeness (QED) is 0.665. The zero-order chi connectivity index (χ0) is 10.6. The summed E-state index contributed by atoms with van der Waals surface area (Å²) in [5, 5.41) is 3.29. The number of allylic oxidation sites excluding steroid dienone is 1. The van der Waals surface area contributed by atoms with Crippen molar-refractivity contribution in [1.29, 1.82) is 0 Å². The average Bonchev–Trinajstić information content (AvgIpc) is 2.15. The number of halogens is 1. The molecule has 1 rings (SSSR count). The molecule has 0 saturated heterocycles. The second-order valence-electron chi connectivity index (χ2n) is 3.56. The molecule has 1 aromatic rings. The Morgan fingerprint density at radius 3 is 2.29 bits per heavy atom. The predicted octanol–water partition coefficient (Wildman–Crippen LogP) is 3.52. The summed E-state index contributed by atoms with van der Waals surface area (Å²) < 4.78 is 1.28. The van der Waals surface area contributed by atoms with Crippen LogP contribution in [0.25, 0.3) is 0 Å². The maximum atomic E-state index is 3.29. The highest BCUT2D eigenvalue weighted by atomic mass is 127. The first-order valence-corrected chi connectivity index (χ1v) is 5.79. The molecule has 0 aliphatic carbocycles. The molecule has 0 radical (unpaired) electrons. The van der Waals surface area contributed by atoms with Crippen LogP contribution in [0, 0.1) is 3.57 Å². The SMILES string of the molecule is CNC(C=C(C)C)c1ccc(I)cc1. The molecule has 0 bridgehead atoms. The van der Waals surface area contributed by atoms with E-state index in [-0.39, 0.29) is 0 Å². The lowest BCUT2D eigenvalue weighted by Crippen LogP contribution is -2.14. The number of hydrogen-bond donors (Lipinski definition) is 1. The third kappa shape index (κ3) is 3.42. The van der Waals surface area contributed by atoms with Crippen molar-refractivity contribution in [2.45, 2.75) is 19.9 Å². The van der Waals surface area contributed by atoms with E-state index in [0.717, 1.165) is 0 Å². The van der Waals surface area contributed by atoms with E-state index in [1.807, 2.05) is 7.05 Å². The van der Waals surface area contributed by atoms with Crippen LogP contribution < -0.4 is 5.32 Å². The van der Waals surface area contributed by atoms with Gasteiger partial charge in [0, 0.05) is 3.57 Å². The molecule has 0 saturated carbocycles. The molecule has 1 unspecified atom stereocenters. The van der Waals surface area contributed by atoms with Gasteiger partial charge in [-0.15, -0.1) is 0 Å². The van der Waals surface area contributed by atoms with Crippen LogP contribution in [-0.4, -0.2) is 7.05 Å². The fourth-order valence-electron chi connectivity index (χ4n) is 1.35. The molecule has 1 nitrogen and oxygen atoms in total. The van der Waals surface area contributed by atoms with Crippen molar-refractivity contribution in [1.82, 2.24) is 5.32 Å². The van der Waals surface area contributed by atoms with E-state index in [4.69, 9.17) is 0 Å². The smallest absolute Gasteiger partial charge is 0.0506 e. The monoisotopic (exact) mass is 301 g/mol. The van der Waals surface area contributed by atoms with Crippen LogP contribution in [0.1, 0.15) is 25.5 Å². The minimum Gasteiger partial charge on any atom is -0.310 e. The van der Waals surface area contributed by atoms with Gasteiger partial charge in [-0.3, -0.25) is 0 Å². The van der Waals surface area contributed by atoms with E-state index < -0.39 is 0 Å². The molecule has 14 heavy (non-hydrogen) atoms. The van der Waals surface area contributed by atoms with Crippen molar-refractivity contribution in [3.63, 3.8) is 0 Å². The summed E-state index contributed by atoms with van der Waals surface area (Å²) in [6, 6.07) is 8.94. The molecule has 1 atom stereocenters. The minimum absolute atomic E-state index is 0.331. The molecule has 0 aliphatic rings. The zero-order valence-corrected chi connectivity index (χ0v) is 11.0. The first kappa shape index (κ1) is 11.7. The summed E-state index contributed by atoms with van der Waals surface area (Å²) in [6.45, 7) is 4.24. The zero-order valence-electron chi connectivity index (χ0n) is 8.84. The maximum absolute atomic E-state index is 3.29. The molecular weight excluding hydrogens is 285 g/mol. The Labute approximate surface area is 99.7 Å². The standard InChI is InChI=1S/C12H16IN/c1-9(2)8-12(14-3)10-4-6-11(13)7-5-10/h4-8,12,14H,1-3H3. The number of hydrogen-bond acceptors (Lipinski definition) is 1. The molecule has 2 heteroatoms. The van der Waals surface area contributed by atoms with Gasteiger partial charge in [0.2, 0.25) is 0 Å². The normalized spacial score (nSPS) is 12.3. The summed E-state index contributed by atoms with van der Waals surface area (Å²) >= 11 is 2.32. The molecule has 1 N–H and O–H groups in total. The molecule has 0 fully saturated rings. The third-order valence-electron chi connectivity index (χ3n) is 2.04. The highest BCUT2D eigenvalue weighted by Crippen LogP contribution is 2.17. The Morgan fingerprint density at radius 2 is 1.86 bits per heavy atom. The van der Waals surface area contributed by atoms with Gasteiger partial charge in [-0.05, 0) is 61.2 Å². The Morgan fingerprint density at radius 1 is 1.29 bits per heavy atom. The van der Waals surface area contributed by atoms with Crippen molar-refractivity contribution < 1.29 is 0 Å². The third-order valence-corrected chi connectivity index (χ3v) is 2.76. The number of likely N-dealkylation sites (N-methyl/N-ethyl adjacent to an activating group) is 1. The molecule has 0 aliphatic heterocycles. The first-order chi connectivity index (χ1) is 6.63. The van der Waals surface area contributed by atoms with Crippen LogP contribution in [0.2, 0.25) is 0 Å². The average molecular weight is 301 g/mol. The fraction of sp³-hybridized carbons (Fsp3) is 0.333.